The molecule has 0 spiro atoms. The highest BCUT2D eigenvalue weighted by molar-refractivity contribution is 7.89. The van der Waals surface area contributed by atoms with Crippen molar-refractivity contribution in [1.82, 2.24) is 19.4 Å². The molecule has 2 aromatic rings. The molecule has 7 nitrogen and oxygen atoms in total. The average molecular weight is 459 g/mol. The Bertz CT molecular complexity index is 968. The van der Waals surface area contributed by atoms with E-state index in [0.29, 0.717) is 18.7 Å². The summed E-state index contributed by atoms with van der Waals surface area (Å²) in [6, 6.07) is 16.0. The number of sulfonamides is 1. The van der Waals surface area contributed by atoms with Crippen molar-refractivity contribution in [3.63, 3.8) is 0 Å². The number of nitrogens with zero attached hydrogens (tertiary/aromatic N) is 3. The van der Waals surface area contributed by atoms with Gasteiger partial charge in [0.1, 0.15) is 0 Å². The Balaban J connectivity index is 1.74. The molecule has 3 rings (SSSR count). The molecule has 8 heteroatoms. The van der Waals surface area contributed by atoms with E-state index in [-0.39, 0.29) is 16.8 Å². The van der Waals surface area contributed by atoms with E-state index in [1.807, 2.05) is 44.2 Å². The van der Waals surface area contributed by atoms with Gasteiger partial charge in [-0.3, -0.25) is 9.69 Å². The molecule has 0 saturated carbocycles. The highest BCUT2D eigenvalue weighted by Gasteiger charge is 2.24. The largest absolute Gasteiger partial charge is 0.344 e. The van der Waals surface area contributed by atoms with E-state index < -0.39 is 10.0 Å². The molecule has 1 atom stereocenters. The first-order chi connectivity index (χ1) is 15.3. The van der Waals surface area contributed by atoms with E-state index in [4.69, 9.17) is 0 Å². The highest BCUT2D eigenvalue weighted by atomic mass is 32.2. The van der Waals surface area contributed by atoms with Gasteiger partial charge in [-0.15, -0.1) is 0 Å². The van der Waals surface area contributed by atoms with Gasteiger partial charge in [-0.1, -0.05) is 44.2 Å². The van der Waals surface area contributed by atoms with Gasteiger partial charge in [0.05, 0.1) is 10.9 Å². The Morgan fingerprint density at radius 2 is 1.56 bits per heavy atom. The standard InChI is InChI=1S/C24H34N4O3S/c1-4-28(5-2)32(30,31)22-13-11-21(12-14-22)24(29)25-23(20-9-7-6-8-10-20)19-27-17-15-26(3)16-18-27/h6-14,23H,4-5,15-19H2,1-3H3,(H,25,29). The zero-order chi connectivity index (χ0) is 23.1. The van der Waals surface area contributed by atoms with Crippen LogP contribution in [0.3, 0.4) is 0 Å². The van der Waals surface area contributed by atoms with Gasteiger partial charge >= 0.3 is 0 Å². The molecule has 32 heavy (non-hydrogen) atoms. The molecular weight excluding hydrogens is 424 g/mol. The van der Waals surface area contributed by atoms with E-state index in [2.05, 4.69) is 22.2 Å². The van der Waals surface area contributed by atoms with Gasteiger partial charge in [-0.2, -0.15) is 4.31 Å². The molecule has 0 radical (unpaired) electrons. The minimum atomic E-state index is -3.54. The quantitative estimate of drug-likeness (QED) is 0.625. The van der Waals surface area contributed by atoms with Crippen LogP contribution in [0.25, 0.3) is 0 Å². The lowest BCUT2D eigenvalue weighted by Gasteiger charge is -2.35. The molecule has 1 amide bonds. The maximum atomic E-state index is 13.0. The third kappa shape index (κ3) is 5.95. The Hall–Kier alpha value is -2.26. The van der Waals surface area contributed by atoms with Gasteiger partial charge in [0, 0.05) is 51.4 Å². The van der Waals surface area contributed by atoms with Gasteiger partial charge in [0.15, 0.2) is 0 Å². The van der Waals surface area contributed by atoms with Crippen LogP contribution in [0.1, 0.15) is 35.8 Å². The van der Waals surface area contributed by atoms with Crippen LogP contribution < -0.4 is 5.32 Å². The lowest BCUT2D eigenvalue weighted by molar-refractivity contribution is 0.0907. The predicted octanol–water partition coefficient (Wildman–Crippen LogP) is 2.44. The van der Waals surface area contributed by atoms with Crippen LogP contribution in [0.5, 0.6) is 0 Å². The molecule has 0 aromatic heterocycles. The van der Waals surface area contributed by atoms with Crippen LogP contribution in [0.4, 0.5) is 0 Å². The number of hydrogen-bond acceptors (Lipinski definition) is 5. The fraction of sp³-hybridized carbons (Fsp3) is 0.458. The fourth-order valence-electron chi connectivity index (χ4n) is 3.94. The summed E-state index contributed by atoms with van der Waals surface area (Å²) in [6.07, 6.45) is 0. The van der Waals surface area contributed by atoms with Crippen LogP contribution in [-0.4, -0.2) is 81.3 Å². The monoisotopic (exact) mass is 458 g/mol. The molecule has 1 aliphatic heterocycles. The summed E-state index contributed by atoms with van der Waals surface area (Å²) in [7, 11) is -1.42. The van der Waals surface area contributed by atoms with E-state index in [1.54, 1.807) is 12.1 Å². The summed E-state index contributed by atoms with van der Waals surface area (Å²) in [6.45, 7) is 9.13. The number of hydrogen-bond donors (Lipinski definition) is 1. The fourth-order valence-corrected chi connectivity index (χ4v) is 5.40. The summed E-state index contributed by atoms with van der Waals surface area (Å²) in [5.74, 6) is -0.209. The summed E-state index contributed by atoms with van der Waals surface area (Å²) in [4.78, 5) is 17.9. The van der Waals surface area contributed by atoms with Crippen molar-refractivity contribution in [2.45, 2.75) is 24.8 Å². The molecule has 174 valence electrons. The highest BCUT2D eigenvalue weighted by Crippen LogP contribution is 2.19. The number of piperazine rings is 1. The van der Waals surface area contributed by atoms with Gasteiger partial charge in [-0.05, 0) is 36.9 Å². The predicted molar refractivity (Wildman–Crippen MR) is 127 cm³/mol. The van der Waals surface area contributed by atoms with Crippen LogP contribution in [0, 0.1) is 0 Å². The van der Waals surface area contributed by atoms with E-state index in [1.165, 1.54) is 16.4 Å². The number of benzene rings is 2. The third-order valence-electron chi connectivity index (χ3n) is 6.00. The summed E-state index contributed by atoms with van der Waals surface area (Å²) in [5.41, 5.74) is 1.50. The Morgan fingerprint density at radius 1 is 0.969 bits per heavy atom. The summed E-state index contributed by atoms with van der Waals surface area (Å²) in [5, 5.41) is 3.16. The van der Waals surface area contributed by atoms with Crippen molar-refractivity contribution in [2.75, 3.05) is 52.9 Å². The van der Waals surface area contributed by atoms with Gasteiger partial charge in [0.2, 0.25) is 10.0 Å². The molecular formula is C24H34N4O3S. The van der Waals surface area contributed by atoms with Crippen molar-refractivity contribution < 1.29 is 13.2 Å². The van der Waals surface area contributed by atoms with Crippen molar-refractivity contribution >= 4 is 15.9 Å². The van der Waals surface area contributed by atoms with Crippen molar-refractivity contribution in [3.8, 4) is 0 Å². The van der Waals surface area contributed by atoms with Crippen LogP contribution in [0.2, 0.25) is 0 Å². The first-order valence-corrected chi connectivity index (χ1v) is 12.7. The number of amides is 1. The summed E-state index contributed by atoms with van der Waals surface area (Å²) >= 11 is 0. The molecule has 1 N–H and O–H groups in total. The second-order valence-corrected chi connectivity index (χ2v) is 10.1. The van der Waals surface area contributed by atoms with Crippen molar-refractivity contribution in [3.05, 3.63) is 65.7 Å². The normalized spacial score (nSPS) is 16.8. The Morgan fingerprint density at radius 3 is 2.12 bits per heavy atom. The number of carbonyl (C=O) groups excluding carboxylic acids is 1. The van der Waals surface area contributed by atoms with E-state index in [9.17, 15) is 13.2 Å². The smallest absolute Gasteiger partial charge is 0.251 e. The zero-order valence-electron chi connectivity index (χ0n) is 19.2. The lowest BCUT2D eigenvalue weighted by Crippen LogP contribution is -2.47. The van der Waals surface area contributed by atoms with Crippen LogP contribution in [0.15, 0.2) is 59.5 Å². The first-order valence-electron chi connectivity index (χ1n) is 11.2. The molecule has 0 bridgehead atoms. The molecule has 1 fully saturated rings. The minimum absolute atomic E-state index is 0.147. The summed E-state index contributed by atoms with van der Waals surface area (Å²) < 4.78 is 26.8. The molecule has 1 saturated heterocycles. The number of rotatable bonds is 9. The topological polar surface area (TPSA) is 73.0 Å². The van der Waals surface area contributed by atoms with Gasteiger partial charge < -0.3 is 10.2 Å². The van der Waals surface area contributed by atoms with Crippen molar-refractivity contribution in [2.24, 2.45) is 0 Å². The van der Waals surface area contributed by atoms with Crippen LogP contribution in [-0.2, 0) is 10.0 Å². The van der Waals surface area contributed by atoms with E-state index >= 15 is 0 Å². The zero-order valence-corrected chi connectivity index (χ0v) is 20.0. The minimum Gasteiger partial charge on any atom is -0.344 e. The molecule has 1 aliphatic rings. The number of carbonyl (C=O) groups is 1. The number of nitrogens with one attached hydrogen (secondary N) is 1. The first kappa shape index (κ1) is 24.4. The molecule has 1 heterocycles. The molecule has 1 unspecified atom stereocenters. The second-order valence-electron chi connectivity index (χ2n) is 8.15. The average Bonchev–Trinajstić information content (AvgIpc) is 2.81. The van der Waals surface area contributed by atoms with Gasteiger partial charge in [-0.25, -0.2) is 8.42 Å². The second kappa shape index (κ2) is 11.0. The third-order valence-corrected chi connectivity index (χ3v) is 8.07. The number of likely N-dealkylation sites (N-methyl/N-ethyl adjacent to an activating group) is 1. The Kier molecular flexibility index (Phi) is 8.42. The van der Waals surface area contributed by atoms with Gasteiger partial charge in [0.25, 0.3) is 5.91 Å². The maximum absolute atomic E-state index is 13.0. The lowest BCUT2D eigenvalue weighted by atomic mass is 10.0. The maximum Gasteiger partial charge on any atom is 0.251 e. The molecule has 2 aromatic carbocycles. The van der Waals surface area contributed by atoms with Crippen molar-refractivity contribution in [1.29, 1.82) is 0 Å². The molecule has 0 aliphatic carbocycles. The van der Waals surface area contributed by atoms with Crippen LogP contribution >= 0.6 is 0 Å². The SMILES string of the molecule is CCN(CC)S(=O)(=O)c1ccc(C(=O)NC(CN2CCN(C)CC2)c2ccccc2)cc1. The van der Waals surface area contributed by atoms with E-state index in [0.717, 1.165) is 38.3 Å². The Labute approximate surface area is 192 Å².